The molecule has 0 radical (unpaired) electrons. The van der Waals surface area contributed by atoms with E-state index in [0.29, 0.717) is 5.02 Å². The van der Waals surface area contributed by atoms with Gasteiger partial charge in [0.25, 0.3) is 0 Å². The molecule has 0 aliphatic carbocycles. The third-order valence-corrected chi connectivity index (χ3v) is 5.02. The second kappa shape index (κ2) is 5.18. The van der Waals surface area contributed by atoms with Crippen LogP contribution in [0.15, 0.2) is 29.2 Å². The average Bonchev–Trinajstić information content (AvgIpc) is 2.29. The summed E-state index contributed by atoms with van der Waals surface area (Å²) in [5.41, 5.74) is 0. The van der Waals surface area contributed by atoms with Crippen LogP contribution < -0.4 is 0 Å². The van der Waals surface area contributed by atoms with Gasteiger partial charge in [-0.3, -0.25) is 0 Å². The number of hydrogen-bond donors (Lipinski definition) is 1. The van der Waals surface area contributed by atoms with E-state index in [-0.39, 0.29) is 18.1 Å². The number of aliphatic hydroxyl groups is 1. The molecule has 0 spiro atoms. The first kappa shape index (κ1) is 13.8. The minimum Gasteiger partial charge on any atom is -0.376 e. The SMILES string of the molecule is B[C@H]1COC[C@@H](O)N1S(=O)(=O)c1ccc(Cl)cc1. The van der Waals surface area contributed by atoms with E-state index in [4.69, 9.17) is 16.3 Å². The molecule has 0 aromatic heterocycles. The highest BCUT2D eigenvalue weighted by atomic mass is 35.5. The van der Waals surface area contributed by atoms with Crippen molar-refractivity contribution in [2.45, 2.75) is 17.1 Å². The van der Waals surface area contributed by atoms with Crippen LogP contribution in [0.3, 0.4) is 0 Å². The smallest absolute Gasteiger partial charge is 0.244 e. The fourth-order valence-corrected chi connectivity index (χ4v) is 3.68. The minimum atomic E-state index is -3.73. The Morgan fingerprint density at radius 2 is 1.94 bits per heavy atom. The Labute approximate surface area is 112 Å². The molecular weight excluding hydrogens is 276 g/mol. The molecule has 1 fully saturated rings. The van der Waals surface area contributed by atoms with Crippen LogP contribution in [-0.4, -0.2) is 51.1 Å². The molecule has 1 aliphatic rings. The normalized spacial score (nSPS) is 26.1. The number of ether oxygens (including phenoxy) is 1. The molecule has 0 amide bonds. The number of halogens is 1. The van der Waals surface area contributed by atoms with Gasteiger partial charge in [0.15, 0.2) is 0 Å². The van der Waals surface area contributed by atoms with Gasteiger partial charge in [-0.1, -0.05) is 11.6 Å². The zero-order chi connectivity index (χ0) is 13.3. The van der Waals surface area contributed by atoms with Crippen LogP contribution in [-0.2, 0) is 14.8 Å². The molecule has 2 atom stereocenters. The number of nitrogens with zero attached hydrogens (tertiary/aromatic N) is 1. The number of aliphatic hydroxyl groups excluding tert-OH is 1. The monoisotopic (exact) mass is 289 g/mol. The molecule has 1 aromatic rings. The number of benzene rings is 1. The van der Waals surface area contributed by atoms with Crippen LogP contribution >= 0.6 is 11.6 Å². The predicted molar refractivity (Wildman–Crippen MR) is 69.6 cm³/mol. The molecule has 1 N–H and O–H groups in total. The first-order valence-electron chi connectivity index (χ1n) is 5.48. The highest BCUT2D eigenvalue weighted by Crippen LogP contribution is 2.23. The first-order valence-corrected chi connectivity index (χ1v) is 7.29. The van der Waals surface area contributed by atoms with E-state index in [1.54, 1.807) is 7.85 Å². The summed E-state index contributed by atoms with van der Waals surface area (Å²) >= 11 is 5.73. The summed E-state index contributed by atoms with van der Waals surface area (Å²) in [6.07, 6.45) is -1.16. The van der Waals surface area contributed by atoms with Crippen LogP contribution in [0, 0.1) is 0 Å². The van der Waals surface area contributed by atoms with Crippen molar-refractivity contribution in [2.24, 2.45) is 0 Å². The van der Waals surface area contributed by atoms with E-state index in [9.17, 15) is 13.5 Å². The minimum absolute atomic E-state index is 0.0167. The fourth-order valence-electron chi connectivity index (χ4n) is 1.91. The van der Waals surface area contributed by atoms with Crippen molar-refractivity contribution in [3.05, 3.63) is 29.3 Å². The average molecular weight is 290 g/mol. The van der Waals surface area contributed by atoms with Gasteiger partial charge in [-0.25, -0.2) is 8.42 Å². The first-order chi connectivity index (χ1) is 8.43. The van der Waals surface area contributed by atoms with Crippen LogP contribution in [0.5, 0.6) is 0 Å². The highest BCUT2D eigenvalue weighted by molar-refractivity contribution is 7.89. The highest BCUT2D eigenvalue weighted by Gasteiger charge is 2.37. The summed E-state index contributed by atoms with van der Waals surface area (Å²) in [6.45, 7) is 0.251. The second-order valence-electron chi connectivity index (χ2n) is 4.16. The fraction of sp³-hybridized carbons (Fsp3) is 0.400. The quantitative estimate of drug-likeness (QED) is 0.755. The summed E-state index contributed by atoms with van der Waals surface area (Å²) in [5.74, 6) is -0.408. The van der Waals surface area contributed by atoms with Crippen LogP contribution in [0.2, 0.25) is 5.02 Å². The van der Waals surface area contributed by atoms with Crippen LogP contribution in [0.1, 0.15) is 0 Å². The predicted octanol–water partition coefficient (Wildman–Crippen LogP) is -0.361. The molecule has 18 heavy (non-hydrogen) atoms. The third kappa shape index (κ3) is 2.55. The Kier molecular flexibility index (Phi) is 3.98. The van der Waals surface area contributed by atoms with Gasteiger partial charge >= 0.3 is 0 Å². The molecule has 0 bridgehead atoms. The van der Waals surface area contributed by atoms with Gasteiger partial charge in [0.05, 0.1) is 18.1 Å². The summed E-state index contributed by atoms with van der Waals surface area (Å²) in [4.78, 5) is 0.111. The lowest BCUT2D eigenvalue weighted by molar-refractivity contribution is -0.0765. The number of sulfonamides is 1. The molecule has 5 nitrogen and oxygen atoms in total. The number of morpholine rings is 1. The maximum absolute atomic E-state index is 12.4. The molecule has 98 valence electrons. The van der Waals surface area contributed by atoms with Crippen LogP contribution in [0.4, 0.5) is 0 Å². The Hall–Kier alpha value is -0.595. The van der Waals surface area contributed by atoms with Gasteiger partial charge in [-0.2, -0.15) is 4.31 Å². The molecule has 1 aliphatic heterocycles. The molecule has 2 rings (SSSR count). The standard InChI is InChI=1S/C10H13BClNO4S/c11-9-5-17-6-10(14)13(9)18(15,16)8-3-1-7(12)2-4-8/h1-4,9-10,14H,5-6,11H2/t9-,10-/m1/s1. The molecule has 8 heteroatoms. The summed E-state index contributed by atoms with van der Waals surface area (Å²) in [7, 11) is -2.04. The van der Waals surface area contributed by atoms with Gasteiger partial charge in [-0.05, 0) is 24.3 Å². The molecular formula is C10H13BClNO4S. The Morgan fingerprint density at radius 1 is 1.33 bits per heavy atom. The van der Waals surface area contributed by atoms with Gasteiger partial charge in [-0.15, -0.1) is 0 Å². The molecule has 1 saturated heterocycles. The molecule has 0 unspecified atom stereocenters. The van der Waals surface area contributed by atoms with Crippen LogP contribution in [0.25, 0.3) is 0 Å². The molecule has 0 saturated carbocycles. The van der Waals surface area contributed by atoms with Crippen molar-refractivity contribution in [1.29, 1.82) is 0 Å². The van der Waals surface area contributed by atoms with Gasteiger partial charge in [0, 0.05) is 11.0 Å². The maximum Gasteiger partial charge on any atom is 0.244 e. The number of rotatable bonds is 2. The van der Waals surface area contributed by atoms with E-state index >= 15 is 0 Å². The maximum atomic E-state index is 12.4. The Balaban J connectivity index is 2.38. The van der Waals surface area contributed by atoms with Gasteiger partial charge in [0.2, 0.25) is 10.0 Å². The van der Waals surface area contributed by atoms with Gasteiger partial charge < -0.3 is 9.84 Å². The lowest BCUT2D eigenvalue weighted by atomic mass is 9.97. The lowest BCUT2D eigenvalue weighted by Gasteiger charge is -2.36. The van der Waals surface area contributed by atoms with Crippen molar-refractivity contribution in [3.8, 4) is 0 Å². The third-order valence-electron chi connectivity index (χ3n) is 2.74. The molecule has 1 heterocycles. The van der Waals surface area contributed by atoms with E-state index in [0.717, 1.165) is 4.31 Å². The van der Waals surface area contributed by atoms with E-state index in [2.05, 4.69) is 0 Å². The van der Waals surface area contributed by atoms with Crippen molar-refractivity contribution in [2.75, 3.05) is 13.2 Å². The topological polar surface area (TPSA) is 66.8 Å². The Bertz CT molecular complexity index is 511. The van der Waals surface area contributed by atoms with Crippen molar-refractivity contribution in [3.63, 3.8) is 0 Å². The van der Waals surface area contributed by atoms with E-state index < -0.39 is 22.2 Å². The van der Waals surface area contributed by atoms with E-state index in [1.165, 1.54) is 24.3 Å². The largest absolute Gasteiger partial charge is 0.376 e. The Morgan fingerprint density at radius 3 is 2.50 bits per heavy atom. The number of hydrogen-bond acceptors (Lipinski definition) is 4. The lowest BCUT2D eigenvalue weighted by Crippen LogP contribution is -2.55. The zero-order valence-electron chi connectivity index (χ0n) is 9.78. The summed E-state index contributed by atoms with van der Waals surface area (Å²) in [5, 5.41) is 10.2. The van der Waals surface area contributed by atoms with E-state index in [1.807, 2.05) is 0 Å². The zero-order valence-corrected chi connectivity index (χ0v) is 11.4. The second-order valence-corrected chi connectivity index (χ2v) is 6.44. The summed E-state index contributed by atoms with van der Waals surface area (Å²) in [6, 6.07) is 5.86. The summed E-state index contributed by atoms with van der Waals surface area (Å²) < 4.78 is 30.9. The van der Waals surface area contributed by atoms with Crippen molar-refractivity contribution >= 4 is 29.5 Å². The van der Waals surface area contributed by atoms with Crippen molar-refractivity contribution < 1.29 is 18.3 Å². The van der Waals surface area contributed by atoms with Crippen molar-refractivity contribution in [1.82, 2.24) is 4.31 Å². The molecule has 1 aromatic carbocycles. The van der Waals surface area contributed by atoms with Gasteiger partial charge in [0.1, 0.15) is 14.1 Å².